The Balaban J connectivity index is 2.53. The smallest absolute Gasteiger partial charge is 0.504 e. The highest BCUT2D eigenvalue weighted by molar-refractivity contribution is 5.77. The van der Waals surface area contributed by atoms with E-state index in [9.17, 15) is 18.3 Å². The summed E-state index contributed by atoms with van der Waals surface area (Å²) in [5.74, 6) is -0.457. The monoisotopic (exact) mass is 284 g/mol. The van der Waals surface area contributed by atoms with Crippen molar-refractivity contribution in [2.75, 3.05) is 7.11 Å². The van der Waals surface area contributed by atoms with Gasteiger partial charge < -0.3 is 14.6 Å². The molecule has 1 N–H and O–H groups in total. The molecule has 0 aliphatic carbocycles. The van der Waals surface area contributed by atoms with Crippen LogP contribution in [0.5, 0.6) is 17.2 Å². The van der Waals surface area contributed by atoms with Crippen LogP contribution in [0.3, 0.4) is 0 Å². The van der Waals surface area contributed by atoms with Gasteiger partial charge in [0.15, 0.2) is 11.5 Å². The van der Waals surface area contributed by atoms with Crippen molar-refractivity contribution in [2.24, 2.45) is 0 Å². The van der Waals surface area contributed by atoms with Gasteiger partial charge in [-0.25, -0.2) is 0 Å². The second-order valence-electron chi connectivity index (χ2n) is 3.90. The third kappa shape index (κ3) is 2.96. The maximum Gasteiger partial charge on any atom is 0.573 e. The first-order valence-corrected chi connectivity index (χ1v) is 5.63. The van der Waals surface area contributed by atoms with Crippen molar-refractivity contribution in [3.8, 4) is 28.4 Å². The molecule has 0 saturated carbocycles. The number of hydrogen-bond donors (Lipinski definition) is 1. The number of rotatable bonds is 3. The van der Waals surface area contributed by atoms with E-state index in [1.54, 1.807) is 12.1 Å². The van der Waals surface area contributed by atoms with Crippen LogP contribution in [-0.2, 0) is 0 Å². The van der Waals surface area contributed by atoms with E-state index in [1.165, 1.54) is 37.4 Å². The summed E-state index contributed by atoms with van der Waals surface area (Å²) in [5, 5.41) is 10.0. The summed E-state index contributed by atoms with van der Waals surface area (Å²) >= 11 is 0. The van der Waals surface area contributed by atoms with Gasteiger partial charge in [-0.05, 0) is 12.1 Å². The highest BCUT2D eigenvalue weighted by Gasteiger charge is 2.32. The van der Waals surface area contributed by atoms with Crippen molar-refractivity contribution < 1.29 is 27.8 Å². The predicted octanol–water partition coefficient (Wildman–Crippen LogP) is 3.97. The Hall–Kier alpha value is -2.37. The largest absolute Gasteiger partial charge is 0.573 e. The van der Waals surface area contributed by atoms with Gasteiger partial charge in [-0.3, -0.25) is 0 Å². The minimum Gasteiger partial charge on any atom is -0.504 e. The van der Waals surface area contributed by atoms with Crippen LogP contribution < -0.4 is 9.47 Å². The van der Waals surface area contributed by atoms with Gasteiger partial charge in [0.05, 0.1) is 7.11 Å². The van der Waals surface area contributed by atoms with E-state index in [4.69, 9.17) is 4.74 Å². The standard InChI is InChI=1S/C14H11F3O3/c1-19-12-8-4-6-10(13(12)18)9-5-2-3-7-11(9)20-14(15,16)17/h2-8,18H,1H3. The van der Waals surface area contributed by atoms with Crippen LogP contribution >= 0.6 is 0 Å². The Morgan fingerprint density at radius 2 is 1.50 bits per heavy atom. The van der Waals surface area contributed by atoms with Crippen molar-refractivity contribution in [2.45, 2.75) is 6.36 Å². The van der Waals surface area contributed by atoms with Crippen LogP contribution in [0.25, 0.3) is 11.1 Å². The Morgan fingerprint density at radius 1 is 0.900 bits per heavy atom. The van der Waals surface area contributed by atoms with Crippen LogP contribution in [0.2, 0.25) is 0 Å². The summed E-state index contributed by atoms with van der Waals surface area (Å²) in [6.45, 7) is 0. The molecule has 0 radical (unpaired) electrons. The van der Waals surface area contributed by atoms with Gasteiger partial charge in [0.1, 0.15) is 5.75 Å². The lowest BCUT2D eigenvalue weighted by Crippen LogP contribution is -2.17. The Labute approximate surface area is 113 Å². The molecule has 0 amide bonds. The van der Waals surface area contributed by atoms with Gasteiger partial charge >= 0.3 is 6.36 Å². The van der Waals surface area contributed by atoms with Crippen LogP contribution in [0.1, 0.15) is 0 Å². The molecule has 0 aliphatic rings. The number of phenols is 1. The number of para-hydroxylation sites is 2. The summed E-state index contributed by atoms with van der Waals surface area (Å²) in [6, 6.07) is 10.1. The zero-order valence-electron chi connectivity index (χ0n) is 10.4. The molecule has 0 spiro atoms. The maximum atomic E-state index is 12.4. The first-order chi connectivity index (χ1) is 9.42. The fraction of sp³-hybridized carbons (Fsp3) is 0.143. The van der Waals surface area contributed by atoms with Gasteiger partial charge in [0.2, 0.25) is 0 Å². The summed E-state index contributed by atoms with van der Waals surface area (Å²) in [5.41, 5.74) is 0.324. The minimum atomic E-state index is -4.80. The van der Waals surface area contributed by atoms with Crippen molar-refractivity contribution in [3.05, 3.63) is 42.5 Å². The molecule has 2 aromatic carbocycles. The van der Waals surface area contributed by atoms with E-state index < -0.39 is 6.36 Å². The molecule has 0 fully saturated rings. The molecular weight excluding hydrogens is 273 g/mol. The van der Waals surface area contributed by atoms with E-state index in [1.807, 2.05) is 0 Å². The van der Waals surface area contributed by atoms with Crippen LogP contribution in [-0.4, -0.2) is 18.6 Å². The summed E-state index contributed by atoms with van der Waals surface area (Å²) in [4.78, 5) is 0. The molecular formula is C14H11F3O3. The van der Waals surface area contributed by atoms with Crippen molar-refractivity contribution in [3.63, 3.8) is 0 Å². The average Bonchev–Trinajstić information content (AvgIpc) is 2.38. The molecule has 0 bridgehead atoms. The number of phenolic OH excluding ortho intramolecular Hbond substituents is 1. The maximum absolute atomic E-state index is 12.4. The average molecular weight is 284 g/mol. The third-order valence-electron chi connectivity index (χ3n) is 2.62. The quantitative estimate of drug-likeness (QED) is 0.927. The summed E-state index contributed by atoms with van der Waals surface area (Å²) in [7, 11) is 1.36. The second-order valence-corrected chi connectivity index (χ2v) is 3.90. The third-order valence-corrected chi connectivity index (χ3v) is 2.62. The number of aromatic hydroxyl groups is 1. The summed E-state index contributed by atoms with van der Waals surface area (Å²) < 4.78 is 46.0. The van der Waals surface area contributed by atoms with Crippen LogP contribution in [0.4, 0.5) is 13.2 Å². The number of ether oxygens (including phenoxy) is 2. The van der Waals surface area contributed by atoms with Crippen molar-refractivity contribution in [1.29, 1.82) is 0 Å². The zero-order valence-corrected chi connectivity index (χ0v) is 10.4. The van der Waals surface area contributed by atoms with E-state index in [-0.39, 0.29) is 28.4 Å². The second kappa shape index (κ2) is 5.32. The van der Waals surface area contributed by atoms with Crippen LogP contribution in [0, 0.1) is 0 Å². The molecule has 6 heteroatoms. The van der Waals surface area contributed by atoms with Gasteiger partial charge in [-0.1, -0.05) is 30.3 Å². The summed E-state index contributed by atoms with van der Waals surface area (Å²) in [6.07, 6.45) is -4.80. The van der Waals surface area contributed by atoms with Gasteiger partial charge in [0, 0.05) is 11.1 Å². The fourth-order valence-electron chi connectivity index (χ4n) is 1.81. The molecule has 3 nitrogen and oxygen atoms in total. The molecule has 0 atom stereocenters. The normalized spacial score (nSPS) is 11.2. The lowest BCUT2D eigenvalue weighted by atomic mass is 10.0. The number of hydrogen-bond acceptors (Lipinski definition) is 3. The number of methoxy groups -OCH3 is 1. The Bertz CT molecular complexity index is 609. The molecule has 106 valence electrons. The number of benzene rings is 2. The highest BCUT2D eigenvalue weighted by atomic mass is 19.4. The SMILES string of the molecule is COc1cccc(-c2ccccc2OC(F)(F)F)c1O. The lowest BCUT2D eigenvalue weighted by Gasteiger charge is -2.15. The topological polar surface area (TPSA) is 38.7 Å². The zero-order chi connectivity index (χ0) is 14.8. The lowest BCUT2D eigenvalue weighted by molar-refractivity contribution is -0.274. The van der Waals surface area contributed by atoms with Crippen molar-refractivity contribution >= 4 is 0 Å². The molecule has 20 heavy (non-hydrogen) atoms. The molecule has 0 aliphatic heterocycles. The van der Waals surface area contributed by atoms with Gasteiger partial charge in [0.25, 0.3) is 0 Å². The van der Waals surface area contributed by atoms with Gasteiger partial charge in [-0.2, -0.15) is 0 Å². The fourth-order valence-corrected chi connectivity index (χ4v) is 1.81. The Kier molecular flexibility index (Phi) is 3.74. The Morgan fingerprint density at radius 3 is 2.15 bits per heavy atom. The van der Waals surface area contributed by atoms with E-state index >= 15 is 0 Å². The van der Waals surface area contributed by atoms with E-state index in [0.29, 0.717) is 0 Å². The van der Waals surface area contributed by atoms with Crippen LogP contribution in [0.15, 0.2) is 42.5 Å². The minimum absolute atomic E-state index is 0.126. The first kappa shape index (κ1) is 14.0. The van der Waals surface area contributed by atoms with E-state index in [0.717, 1.165) is 0 Å². The first-order valence-electron chi connectivity index (χ1n) is 5.63. The molecule has 0 unspecified atom stereocenters. The molecule has 2 rings (SSSR count). The van der Waals surface area contributed by atoms with Gasteiger partial charge in [-0.15, -0.1) is 13.2 Å². The molecule has 0 saturated heterocycles. The predicted molar refractivity (Wildman–Crippen MR) is 66.8 cm³/mol. The van der Waals surface area contributed by atoms with Crippen molar-refractivity contribution in [1.82, 2.24) is 0 Å². The molecule has 2 aromatic rings. The van der Waals surface area contributed by atoms with E-state index in [2.05, 4.69) is 4.74 Å². The highest BCUT2D eigenvalue weighted by Crippen LogP contribution is 2.41. The molecule has 0 aromatic heterocycles. The number of alkyl halides is 3. The molecule has 0 heterocycles. The number of halogens is 3.